The first kappa shape index (κ1) is 12.2. The predicted octanol–water partition coefficient (Wildman–Crippen LogP) is 1.14. The first-order chi connectivity index (χ1) is 7.60. The number of carbonyl (C=O) groups excluding carboxylic acids is 2. The van der Waals surface area contributed by atoms with Gasteiger partial charge in [-0.2, -0.15) is 0 Å². The van der Waals surface area contributed by atoms with Gasteiger partial charge in [-0.1, -0.05) is 0 Å². The third kappa shape index (κ3) is 2.56. The van der Waals surface area contributed by atoms with Crippen LogP contribution in [0.25, 0.3) is 0 Å². The molecule has 1 aromatic heterocycles. The second-order valence-corrected chi connectivity index (χ2v) is 3.12. The van der Waals surface area contributed by atoms with Gasteiger partial charge in [0.05, 0.1) is 19.3 Å². The number of ketones is 1. The highest BCUT2D eigenvalue weighted by Crippen LogP contribution is 2.17. The lowest BCUT2D eigenvalue weighted by Gasteiger charge is -2.06. The zero-order chi connectivity index (χ0) is 12.1. The van der Waals surface area contributed by atoms with Gasteiger partial charge in [0, 0.05) is 6.20 Å². The number of methoxy groups -OCH3 is 1. The number of Topliss-reactive ketones (excluding diaryl/α,β-unsaturated/α-hetero) is 1. The molecule has 0 atom stereocenters. The van der Waals surface area contributed by atoms with Gasteiger partial charge in [0.2, 0.25) is 5.88 Å². The molecule has 0 saturated carbocycles. The monoisotopic (exact) mass is 223 g/mol. The van der Waals surface area contributed by atoms with E-state index in [-0.39, 0.29) is 18.1 Å². The van der Waals surface area contributed by atoms with Gasteiger partial charge in [0.25, 0.3) is 5.78 Å². The second kappa shape index (κ2) is 5.25. The van der Waals surface area contributed by atoms with Crippen LogP contribution in [0.4, 0.5) is 0 Å². The Hall–Kier alpha value is -1.91. The summed E-state index contributed by atoms with van der Waals surface area (Å²) in [5.41, 5.74) is 0.898. The van der Waals surface area contributed by atoms with E-state index in [4.69, 9.17) is 4.74 Å². The van der Waals surface area contributed by atoms with Crippen molar-refractivity contribution >= 4 is 11.8 Å². The van der Waals surface area contributed by atoms with Crippen LogP contribution in [0.15, 0.2) is 12.3 Å². The maximum absolute atomic E-state index is 11.7. The number of rotatable bonds is 4. The average Bonchev–Trinajstić information content (AvgIpc) is 2.28. The van der Waals surface area contributed by atoms with Crippen molar-refractivity contribution in [3.63, 3.8) is 0 Å². The Morgan fingerprint density at radius 1 is 1.44 bits per heavy atom. The van der Waals surface area contributed by atoms with Crippen molar-refractivity contribution in [2.45, 2.75) is 13.8 Å². The summed E-state index contributed by atoms with van der Waals surface area (Å²) in [6.45, 7) is 3.57. The summed E-state index contributed by atoms with van der Waals surface area (Å²) in [5, 5.41) is 0. The molecule has 1 heterocycles. The maximum Gasteiger partial charge on any atom is 0.379 e. The largest absolute Gasteiger partial charge is 0.480 e. The standard InChI is InChI=1S/C11H13NO4/c1-4-16-11(14)9(13)8-5-7(2)6-12-10(8)15-3/h5-6H,4H2,1-3H3. The summed E-state index contributed by atoms with van der Waals surface area (Å²) in [7, 11) is 1.39. The Balaban J connectivity index is 3.06. The molecule has 5 heteroatoms. The molecule has 5 nitrogen and oxygen atoms in total. The third-order valence-electron chi connectivity index (χ3n) is 1.89. The van der Waals surface area contributed by atoms with Crippen LogP contribution in [0, 0.1) is 6.92 Å². The highest BCUT2D eigenvalue weighted by Gasteiger charge is 2.22. The number of esters is 1. The molecule has 0 bridgehead atoms. The molecule has 0 saturated heterocycles. The molecule has 1 rings (SSSR count). The fourth-order valence-corrected chi connectivity index (χ4v) is 1.19. The van der Waals surface area contributed by atoms with E-state index >= 15 is 0 Å². The molecule has 0 N–H and O–H groups in total. The normalized spacial score (nSPS) is 9.69. The Morgan fingerprint density at radius 3 is 2.69 bits per heavy atom. The van der Waals surface area contributed by atoms with Crippen LogP contribution in [0.2, 0.25) is 0 Å². The number of carbonyl (C=O) groups is 2. The van der Waals surface area contributed by atoms with Crippen LogP contribution in [0.3, 0.4) is 0 Å². The molecule has 1 aromatic rings. The van der Waals surface area contributed by atoms with Crippen LogP contribution in [0.5, 0.6) is 5.88 Å². The molecule has 0 spiro atoms. The zero-order valence-electron chi connectivity index (χ0n) is 9.44. The predicted molar refractivity (Wildman–Crippen MR) is 56.5 cm³/mol. The van der Waals surface area contributed by atoms with Crippen molar-refractivity contribution in [3.05, 3.63) is 23.4 Å². The number of aryl methyl sites for hydroxylation is 1. The van der Waals surface area contributed by atoms with Gasteiger partial charge in [0.15, 0.2) is 0 Å². The van der Waals surface area contributed by atoms with Gasteiger partial charge in [-0.25, -0.2) is 9.78 Å². The summed E-state index contributed by atoms with van der Waals surface area (Å²) >= 11 is 0. The SMILES string of the molecule is CCOC(=O)C(=O)c1cc(C)cnc1OC. The van der Waals surface area contributed by atoms with Crippen molar-refractivity contribution in [1.82, 2.24) is 4.98 Å². The lowest BCUT2D eigenvalue weighted by Crippen LogP contribution is -2.18. The van der Waals surface area contributed by atoms with E-state index in [9.17, 15) is 9.59 Å². The van der Waals surface area contributed by atoms with Crippen molar-refractivity contribution in [3.8, 4) is 5.88 Å². The fraction of sp³-hybridized carbons (Fsp3) is 0.364. The summed E-state index contributed by atoms with van der Waals surface area (Å²) in [4.78, 5) is 26.8. The van der Waals surface area contributed by atoms with Gasteiger partial charge in [0.1, 0.15) is 0 Å². The molecule has 0 aliphatic heterocycles. The van der Waals surface area contributed by atoms with E-state index in [0.717, 1.165) is 5.56 Å². The Morgan fingerprint density at radius 2 is 2.12 bits per heavy atom. The first-order valence-electron chi connectivity index (χ1n) is 4.82. The smallest absolute Gasteiger partial charge is 0.379 e. The molecule has 0 amide bonds. The summed E-state index contributed by atoms with van der Waals surface area (Å²) < 4.78 is 9.54. The number of nitrogens with zero attached hydrogens (tertiary/aromatic N) is 1. The van der Waals surface area contributed by atoms with Crippen molar-refractivity contribution in [2.75, 3.05) is 13.7 Å². The third-order valence-corrected chi connectivity index (χ3v) is 1.89. The molecule has 0 radical (unpaired) electrons. The molecule has 16 heavy (non-hydrogen) atoms. The Kier molecular flexibility index (Phi) is 3.99. The highest BCUT2D eigenvalue weighted by atomic mass is 16.5. The van der Waals surface area contributed by atoms with E-state index in [2.05, 4.69) is 9.72 Å². The average molecular weight is 223 g/mol. The number of aromatic nitrogens is 1. The molecule has 0 aliphatic rings. The van der Waals surface area contributed by atoms with Crippen LogP contribution in [-0.4, -0.2) is 30.5 Å². The minimum absolute atomic E-state index is 0.126. The fourth-order valence-electron chi connectivity index (χ4n) is 1.19. The van der Waals surface area contributed by atoms with Crippen LogP contribution in [0.1, 0.15) is 22.8 Å². The molecule has 0 fully saturated rings. The van der Waals surface area contributed by atoms with E-state index in [0.29, 0.717) is 0 Å². The topological polar surface area (TPSA) is 65.5 Å². The molecular weight excluding hydrogens is 210 g/mol. The first-order valence-corrected chi connectivity index (χ1v) is 4.82. The summed E-state index contributed by atoms with van der Waals surface area (Å²) in [5.74, 6) is -1.51. The molecule has 0 aliphatic carbocycles. The van der Waals surface area contributed by atoms with Gasteiger partial charge in [-0.05, 0) is 25.5 Å². The lowest BCUT2D eigenvalue weighted by atomic mass is 10.1. The van der Waals surface area contributed by atoms with Crippen LogP contribution in [-0.2, 0) is 9.53 Å². The van der Waals surface area contributed by atoms with Crippen LogP contribution >= 0.6 is 0 Å². The molecule has 86 valence electrons. The van der Waals surface area contributed by atoms with E-state index < -0.39 is 11.8 Å². The van der Waals surface area contributed by atoms with Gasteiger partial charge < -0.3 is 9.47 Å². The molecular formula is C11H13NO4. The van der Waals surface area contributed by atoms with E-state index in [1.54, 1.807) is 26.1 Å². The zero-order valence-corrected chi connectivity index (χ0v) is 9.44. The Labute approximate surface area is 93.4 Å². The van der Waals surface area contributed by atoms with E-state index in [1.807, 2.05) is 0 Å². The van der Waals surface area contributed by atoms with Gasteiger partial charge in [-0.3, -0.25) is 4.79 Å². The highest BCUT2D eigenvalue weighted by molar-refractivity contribution is 6.41. The van der Waals surface area contributed by atoms with Crippen molar-refractivity contribution in [1.29, 1.82) is 0 Å². The van der Waals surface area contributed by atoms with Crippen molar-refractivity contribution < 1.29 is 19.1 Å². The summed E-state index contributed by atoms with van der Waals surface area (Å²) in [6.07, 6.45) is 1.56. The quantitative estimate of drug-likeness (QED) is 0.435. The van der Waals surface area contributed by atoms with Gasteiger partial charge in [-0.15, -0.1) is 0 Å². The minimum Gasteiger partial charge on any atom is -0.480 e. The number of hydrogen-bond acceptors (Lipinski definition) is 5. The summed E-state index contributed by atoms with van der Waals surface area (Å²) in [6, 6.07) is 1.55. The van der Waals surface area contributed by atoms with Gasteiger partial charge >= 0.3 is 5.97 Å². The second-order valence-electron chi connectivity index (χ2n) is 3.12. The van der Waals surface area contributed by atoms with E-state index in [1.165, 1.54) is 7.11 Å². The lowest BCUT2D eigenvalue weighted by molar-refractivity contribution is -0.137. The molecule has 0 unspecified atom stereocenters. The number of ether oxygens (including phenoxy) is 2. The maximum atomic E-state index is 11.7. The van der Waals surface area contributed by atoms with Crippen molar-refractivity contribution in [2.24, 2.45) is 0 Å². The minimum atomic E-state index is -0.895. The Bertz CT molecular complexity index is 414. The molecule has 0 aromatic carbocycles. The number of pyridine rings is 1. The number of hydrogen-bond donors (Lipinski definition) is 0. The van der Waals surface area contributed by atoms with Crippen LogP contribution < -0.4 is 4.74 Å².